The zero-order valence-corrected chi connectivity index (χ0v) is 15.0. The molecule has 4 rings (SSSR count). The van der Waals surface area contributed by atoms with Gasteiger partial charge in [0.15, 0.2) is 0 Å². The van der Waals surface area contributed by atoms with E-state index < -0.39 is 0 Å². The molecule has 1 heterocycles. The fraction of sp³-hybridized carbons (Fsp3) is 0.0476. The number of benzene rings is 3. The summed E-state index contributed by atoms with van der Waals surface area (Å²) in [7, 11) is 0. The molecule has 128 valence electrons. The molecule has 0 saturated carbocycles. The van der Waals surface area contributed by atoms with Gasteiger partial charge in [0.05, 0.1) is 10.7 Å². The highest BCUT2D eigenvalue weighted by molar-refractivity contribution is 7.09. The van der Waals surface area contributed by atoms with Gasteiger partial charge in [-0.2, -0.15) is 0 Å². The fourth-order valence-corrected chi connectivity index (χ4v) is 3.40. The van der Waals surface area contributed by atoms with Gasteiger partial charge in [0.1, 0.15) is 0 Å². The Labute approximate surface area is 155 Å². The van der Waals surface area contributed by atoms with Gasteiger partial charge < -0.3 is 10.6 Å². The Kier molecular flexibility index (Phi) is 4.37. The highest BCUT2D eigenvalue weighted by atomic mass is 32.1. The third-order valence-electron chi connectivity index (χ3n) is 4.06. The first-order valence-corrected chi connectivity index (χ1v) is 9.15. The van der Waals surface area contributed by atoms with E-state index in [1.54, 1.807) is 11.3 Å². The second-order valence-electron chi connectivity index (χ2n) is 5.97. The largest absolute Gasteiger partial charge is 0.323 e. The molecule has 4 nitrogen and oxygen atoms in total. The van der Waals surface area contributed by atoms with Crippen molar-refractivity contribution in [3.8, 4) is 11.3 Å². The second kappa shape index (κ2) is 6.98. The van der Waals surface area contributed by atoms with Gasteiger partial charge in [-0.3, -0.25) is 0 Å². The molecule has 0 spiro atoms. The van der Waals surface area contributed by atoms with Gasteiger partial charge in [-0.15, -0.1) is 11.3 Å². The minimum atomic E-state index is -0.266. The molecule has 0 aliphatic heterocycles. The average molecular weight is 359 g/mol. The third kappa shape index (κ3) is 3.58. The van der Waals surface area contributed by atoms with Crippen LogP contribution in [0, 0.1) is 6.92 Å². The van der Waals surface area contributed by atoms with Crippen LogP contribution >= 0.6 is 11.3 Å². The van der Waals surface area contributed by atoms with Gasteiger partial charge in [-0.05, 0) is 42.0 Å². The number of nitrogens with one attached hydrogen (secondary N) is 2. The van der Waals surface area contributed by atoms with E-state index in [2.05, 4.69) is 15.6 Å². The summed E-state index contributed by atoms with van der Waals surface area (Å²) in [5.74, 6) is 0. The molecule has 3 aromatic carbocycles. The molecule has 0 fully saturated rings. The Morgan fingerprint density at radius 2 is 1.58 bits per heavy atom. The molecular weight excluding hydrogens is 342 g/mol. The van der Waals surface area contributed by atoms with Crippen LogP contribution in [0.1, 0.15) is 5.01 Å². The van der Waals surface area contributed by atoms with Crippen molar-refractivity contribution in [3.05, 3.63) is 77.1 Å². The van der Waals surface area contributed by atoms with E-state index in [1.165, 1.54) is 0 Å². The van der Waals surface area contributed by atoms with E-state index in [-0.39, 0.29) is 6.03 Å². The number of urea groups is 1. The van der Waals surface area contributed by atoms with E-state index in [1.807, 2.05) is 79.0 Å². The second-order valence-corrected chi connectivity index (χ2v) is 7.03. The number of thiazole rings is 1. The van der Waals surface area contributed by atoms with Crippen LogP contribution < -0.4 is 10.6 Å². The molecule has 5 heteroatoms. The van der Waals surface area contributed by atoms with Crippen LogP contribution in [-0.2, 0) is 0 Å². The van der Waals surface area contributed by atoms with Crippen LogP contribution in [0.15, 0.2) is 72.1 Å². The molecule has 26 heavy (non-hydrogen) atoms. The smallest absolute Gasteiger partial charge is 0.308 e. The molecule has 0 unspecified atom stereocenters. The molecule has 0 radical (unpaired) electrons. The maximum absolute atomic E-state index is 12.2. The molecule has 0 aliphatic rings. The van der Waals surface area contributed by atoms with Crippen LogP contribution in [0.4, 0.5) is 16.2 Å². The van der Waals surface area contributed by atoms with Crippen molar-refractivity contribution in [2.24, 2.45) is 0 Å². The number of rotatable bonds is 3. The first-order valence-electron chi connectivity index (χ1n) is 8.27. The highest BCUT2D eigenvalue weighted by Gasteiger charge is 2.05. The van der Waals surface area contributed by atoms with E-state index in [0.29, 0.717) is 0 Å². The van der Waals surface area contributed by atoms with E-state index in [9.17, 15) is 4.79 Å². The number of nitrogens with zero attached hydrogens (tertiary/aromatic N) is 1. The van der Waals surface area contributed by atoms with Crippen LogP contribution in [0.5, 0.6) is 0 Å². The molecule has 0 saturated heterocycles. The van der Waals surface area contributed by atoms with Crippen LogP contribution in [0.2, 0.25) is 0 Å². The maximum atomic E-state index is 12.2. The number of fused-ring (bicyclic) bond motifs is 1. The molecule has 0 atom stereocenters. The molecule has 0 aliphatic carbocycles. The average Bonchev–Trinajstić information content (AvgIpc) is 3.08. The maximum Gasteiger partial charge on any atom is 0.323 e. The summed E-state index contributed by atoms with van der Waals surface area (Å²) in [4.78, 5) is 16.7. The van der Waals surface area contributed by atoms with Crippen molar-refractivity contribution >= 4 is 39.5 Å². The molecule has 1 aromatic heterocycles. The lowest BCUT2D eigenvalue weighted by atomic mass is 10.1. The number of carbonyl (C=O) groups excluding carboxylic acids is 1. The summed E-state index contributed by atoms with van der Waals surface area (Å²) < 4.78 is 0. The van der Waals surface area contributed by atoms with Crippen molar-refractivity contribution < 1.29 is 4.79 Å². The van der Waals surface area contributed by atoms with Crippen LogP contribution in [0.25, 0.3) is 22.0 Å². The first-order chi connectivity index (χ1) is 12.7. The zero-order valence-electron chi connectivity index (χ0n) is 14.2. The normalized spacial score (nSPS) is 10.7. The number of aromatic nitrogens is 1. The van der Waals surface area contributed by atoms with E-state index in [0.717, 1.165) is 38.4 Å². The van der Waals surface area contributed by atoms with Crippen molar-refractivity contribution in [3.63, 3.8) is 0 Å². The quantitative estimate of drug-likeness (QED) is 0.477. The van der Waals surface area contributed by atoms with Gasteiger partial charge in [0, 0.05) is 22.3 Å². The SMILES string of the molecule is Cc1nc(-c2ccc(NC(=O)Nc3ccc4ccccc4c3)cc2)cs1. The van der Waals surface area contributed by atoms with Gasteiger partial charge in [0.2, 0.25) is 0 Å². The number of amides is 2. The Bertz CT molecular complexity index is 1070. The monoisotopic (exact) mass is 359 g/mol. The predicted molar refractivity (Wildman–Crippen MR) is 109 cm³/mol. The molecule has 0 bridgehead atoms. The Morgan fingerprint density at radius 1 is 0.885 bits per heavy atom. The standard InChI is InChI=1S/C21H17N3OS/c1-14-22-20(13-26-14)16-7-9-18(10-8-16)23-21(25)24-19-11-6-15-4-2-3-5-17(15)12-19/h2-13H,1H3,(H2,23,24,25). The number of aryl methyl sites for hydroxylation is 1. The predicted octanol–water partition coefficient (Wildman–Crippen LogP) is 5.92. The molecule has 2 N–H and O–H groups in total. The van der Waals surface area contributed by atoms with Crippen molar-refractivity contribution in [2.75, 3.05) is 10.6 Å². The minimum absolute atomic E-state index is 0.266. The number of hydrogen-bond acceptors (Lipinski definition) is 3. The molecular formula is C21H17N3OS. The van der Waals surface area contributed by atoms with Crippen LogP contribution in [-0.4, -0.2) is 11.0 Å². The van der Waals surface area contributed by atoms with Gasteiger partial charge in [-0.25, -0.2) is 9.78 Å². The zero-order chi connectivity index (χ0) is 17.9. The van der Waals surface area contributed by atoms with Gasteiger partial charge in [0.25, 0.3) is 0 Å². The Hall–Kier alpha value is -3.18. The highest BCUT2D eigenvalue weighted by Crippen LogP contribution is 2.23. The van der Waals surface area contributed by atoms with Crippen molar-refractivity contribution in [1.82, 2.24) is 4.98 Å². The molecule has 2 amide bonds. The Balaban J connectivity index is 1.43. The number of hydrogen-bond donors (Lipinski definition) is 2. The first kappa shape index (κ1) is 16.3. The third-order valence-corrected chi connectivity index (χ3v) is 4.84. The summed E-state index contributed by atoms with van der Waals surface area (Å²) in [5.41, 5.74) is 3.49. The van der Waals surface area contributed by atoms with E-state index in [4.69, 9.17) is 0 Å². The number of carbonyl (C=O) groups is 1. The van der Waals surface area contributed by atoms with Crippen molar-refractivity contribution in [1.29, 1.82) is 0 Å². The van der Waals surface area contributed by atoms with Gasteiger partial charge >= 0.3 is 6.03 Å². The summed E-state index contributed by atoms with van der Waals surface area (Å²) in [5, 5.41) is 11.0. The van der Waals surface area contributed by atoms with Crippen molar-refractivity contribution in [2.45, 2.75) is 6.92 Å². The summed E-state index contributed by atoms with van der Waals surface area (Å²) in [6, 6.07) is 21.3. The summed E-state index contributed by atoms with van der Waals surface area (Å²) in [6.45, 7) is 1.99. The topological polar surface area (TPSA) is 54.0 Å². The van der Waals surface area contributed by atoms with Crippen LogP contribution in [0.3, 0.4) is 0 Å². The molecule has 4 aromatic rings. The van der Waals surface area contributed by atoms with E-state index >= 15 is 0 Å². The fourth-order valence-electron chi connectivity index (χ4n) is 2.78. The lowest BCUT2D eigenvalue weighted by molar-refractivity contribution is 0.262. The van der Waals surface area contributed by atoms with Gasteiger partial charge in [-0.1, -0.05) is 42.5 Å². The summed E-state index contributed by atoms with van der Waals surface area (Å²) >= 11 is 1.63. The lowest BCUT2D eigenvalue weighted by Gasteiger charge is -2.09. The minimum Gasteiger partial charge on any atom is -0.308 e. The summed E-state index contributed by atoms with van der Waals surface area (Å²) in [6.07, 6.45) is 0. The lowest BCUT2D eigenvalue weighted by Crippen LogP contribution is -2.19. The Morgan fingerprint density at radius 3 is 2.31 bits per heavy atom. The number of anilines is 2.